The average Bonchev–Trinajstić information content (AvgIpc) is 2.67. The van der Waals surface area contributed by atoms with Crippen LogP contribution in [0.3, 0.4) is 0 Å². The normalized spacial score (nSPS) is 26.3. The van der Waals surface area contributed by atoms with Crippen molar-refractivity contribution in [2.45, 2.75) is 31.7 Å². The fraction of sp³-hybridized carbons (Fsp3) is 0.385. The number of nitrogens with two attached hydrogens (primary N) is 1. The van der Waals surface area contributed by atoms with Gasteiger partial charge in [-0.05, 0) is 30.5 Å². The molecule has 1 saturated heterocycles. The van der Waals surface area contributed by atoms with Gasteiger partial charge in [0.2, 0.25) is 5.91 Å². The highest BCUT2D eigenvalue weighted by atomic mass is 16.3. The summed E-state index contributed by atoms with van der Waals surface area (Å²) in [5.41, 5.74) is 7.67. The summed E-state index contributed by atoms with van der Waals surface area (Å²) in [5, 5.41) is 11.8. The third-order valence-electron chi connectivity index (χ3n) is 3.67. The van der Waals surface area contributed by atoms with E-state index < -0.39 is 12.3 Å². The van der Waals surface area contributed by atoms with Crippen molar-refractivity contribution in [3.63, 3.8) is 0 Å². The molecule has 0 aliphatic carbocycles. The molecule has 2 heterocycles. The van der Waals surface area contributed by atoms with Gasteiger partial charge in [0.25, 0.3) is 5.91 Å². The first-order valence-corrected chi connectivity index (χ1v) is 6.24. The average molecular weight is 261 g/mol. The predicted molar refractivity (Wildman–Crippen MR) is 67.9 cm³/mol. The zero-order valence-electron chi connectivity index (χ0n) is 10.3. The predicted octanol–water partition coefficient (Wildman–Crippen LogP) is -0.178. The number of nitrogen functional groups attached to an aromatic ring is 1. The van der Waals surface area contributed by atoms with Crippen molar-refractivity contribution in [1.82, 2.24) is 10.2 Å². The molecule has 3 rings (SSSR count). The lowest BCUT2D eigenvalue weighted by Gasteiger charge is -2.32. The van der Waals surface area contributed by atoms with Gasteiger partial charge >= 0.3 is 0 Å². The van der Waals surface area contributed by atoms with Gasteiger partial charge in [-0.25, -0.2) is 0 Å². The molecule has 2 amide bonds. The molecule has 19 heavy (non-hydrogen) atoms. The number of rotatable bonds is 1. The number of aliphatic hydroxyl groups is 1. The number of hydrogen-bond acceptors (Lipinski definition) is 4. The number of carbonyl (C=O) groups is 2. The Kier molecular flexibility index (Phi) is 2.67. The first kappa shape index (κ1) is 12.0. The molecule has 0 aromatic heterocycles. The summed E-state index contributed by atoms with van der Waals surface area (Å²) in [5.74, 6) is -0.466. The van der Waals surface area contributed by atoms with Crippen LogP contribution in [0.2, 0.25) is 0 Å². The molecule has 2 aliphatic rings. The number of fused-ring (bicyclic) bond motifs is 1. The lowest BCUT2D eigenvalue weighted by Crippen LogP contribution is -2.54. The molecule has 0 radical (unpaired) electrons. The SMILES string of the molecule is Nc1ccc2c(c1)C(=O)N(C1CCC(O)NC1=O)C2. The molecular formula is C13H15N3O3. The molecule has 2 aliphatic heterocycles. The van der Waals surface area contributed by atoms with Gasteiger partial charge < -0.3 is 21.1 Å². The second-order valence-corrected chi connectivity index (χ2v) is 4.97. The number of amides is 2. The van der Waals surface area contributed by atoms with E-state index in [0.717, 1.165) is 5.56 Å². The van der Waals surface area contributed by atoms with Gasteiger partial charge in [-0.2, -0.15) is 0 Å². The second-order valence-electron chi connectivity index (χ2n) is 4.97. The molecule has 6 nitrogen and oxygen atoms in total. The Morgan fingerprint density at radius 1 is 1.32 bits per heavy atom. The lowest BCUT2D eigenvalue weighted by molar-refractivity contribution is -0.132. The van der Waals surface area contributed by atoms with Gasteiger partial charge in [0.15, 0.2) is 0 Å². The number of carbonyl (C=O) groups excluding carboxylic acids is 2. The Morgan fingerprint density at radius 2 is 2.11 bits per heavy atom. The highest BCUT2D eigenvalue weighted by Crippen LogP contribution is 2.28. The minimum atomic E-state index is -0.806. The summed E-state index contributed by atoms with van der Waals surface area (Å²) in [7, 11) is 0. The molecule has 100 valence electrons. The molecule has 0 bridgehead atoms. The minimum Gasteiger partial charge on any atom is -0.399 e. The number of aliphatic hydroxyl groups excluding tert-OH is 1. The summed E-state index contributed by atoms with van der Waals surface area (Å²) in [6.45, 7) is 0.419. The molecule has 1 aromatic carbocycles. The van der Waals surface area contributed by atoms with Crippen molar-refractivity contribution in [2.75, 3.05) is 5.73 Å². The van der Waals surface area contributed by atoms with E-state index in [1.54, 1.807) is 17.0 Å². The van der Waals surface area contributed by atoms with Crippen molar-refractivity contribution >= 4 is 17.5 Å². The van der Waals surface area contributed by atoms with Crippen LogP contribution < -0.4 is 11.1 Å². The smallest absolute Gasteiger partial charge is 0.255 e. The fourth-order valence-corrected chi connectivity index (χ4v) is 2.67. The first-order chi connectivity index (χ1) is 9.06. The van der Waals surface area contributed by atoms with Crippen LogP contribution in [0.5, 0.6) is 0 Å². The fourth-order valence-electron chi connectivity index (χ4n) is 2.67. The van der Waals surface area contributed by atoms with Crippen LogP contribution in [0.15, 0.2) is 18.2 Å². The van der Waals surface area contributed by atoms with Crippen LogP contribution in [0.1, 0.15) is 28.8 Å². The second kappa shape index (κ2) is 4.24. The lowest BCUT2D eigenvalue weighted by atomic mass is 10.0. The molecule has 2 atom stereocenters. The molecule has 4 N–H and O–H groups in total. The van der Waals surface area contributed by atoms with Crippen molar-refractivity contribution in [2.24, 2.45) is 0 Å². The molecule has 6 heteroatoms. The van der Waals surface area contributed by atoms with E-state index in [0.29, 0.717) is 30.6 Å². The van der Waals surface area contributed by atoms with Gasteiger partial charge in [-0.3, -0.25) is 9.59 Å². The van der Waals surface area contributed by atoms with Crippen LogP contribution in [0.4, 0.5) is 5.69 Å². The number of anilines is 1. The van der Waals surface area contributed by atoms with E-state index in [-0.39, 0.29) is 11.8 Å². The van der Waals surface area contributed by atoms with E-state index >= 15 is 0 Å². The topological polar surface area (TPSA) is 95.7 Å². The van der Waals surface area contributed by atoms with Gasteiger partial charge in [0.1, 0.15) is 12.3 Å². The van der Waals surface area contributed by atoms with Gasteiger partial charge in [0, 0.05) is 17.8 Å². The molecule has 0 spiro atoms. The molecule has 0 saturated carbocycles. The van der Waals surface area contributed by atoms with Crippen LogP contribution in [-0.2, 0) is 11.3 Å². The molecule has 1 fully saturated rings. The summed E-state index contributed by atoms with van der Waals surface area (Å²) >= 11 is 0. The van der Waals surface area contributed by atoms with Crippen molar-refractivity contribution in [3.8, 4) is 0 Å². The standard InChI is InChI=1S/C13H15N3O3/c14-8-2-1-7-6-16(13(19)9(7)5-8)10-3-4-11(17)15-12(10)18/h1-2,5,10-11,17H,3-4,6,14H2,(H,15,18). The molecule has 1 aromatic rings. The zero-order valence-corrected chi connectivity index (χ0v) is 10.3. The first-order valence-electron chi connectivity index (χ1n) is 6.24. The van der Waals surface area contributed by atoms with Gasteiger partial charge in [-0.1, -0.05) is 6.07 Å². The highest BCUT2D eigenvalue weighted by Gasteiger charge is 2.38. The maximum Gasteiger partial charge on any atom is 0.255 e. The van der Waals surface area contributed by atoms with E-state index in [9.17, 15) is 14.7 Å². The maximum atomic E-state index is 12.3. The van der Waals surface area contributed by atoms with Crippen molar-refractivity contribution < 1.29 is 14.7 Å². The van der Waals surface area contributed by atoms with Crippen LogP contribution in [-0.4, -0.2) is 34.1 Å². The van der Waals surface area contributed by atoms with E-state index in [1.165, 1.54) is 0 Å². The van der Waals surface area contributed by atoms with E-state index in [1.807, 2.05) is 6.07 Å². The minimum absolute atomic E-state index is 0.168. The Morgan fingerprint density at radius 3 is 2.84 bits per heavy atom. The zero-order chi connectivity index (χ0) is 13.6. The third-order valence-corrected chi connectivity index (χ3v) is 3.67. The third kappa shape index (κ3) is 1.94. The summed E-state index contributed by atoms with van der Waals surface area (Å²) in [4.78, 5) is 25.7. The Labute approximate surface area is 110 Å². The number of benzene rings is 1. The Hall–Kier alpha value is -2.08. The van der Waals surface area contributed by atoms with Crippen LogP contribution in [0.25, 0.3) is 0 Å². The summed E-state index contributed by atoms with van der Waals surface area (Å²) < 4.78 is 0. The van der Waals surface area contributed by atoms with E-state index in [2.05, 4.69) is 5.32 Å². The highest BCUT2D eigenvalue weighted by molar-refractivity contribution is 6.01. The molecule has 2 unspecified atom stereocenters. The Bertz CT molecular complexity index is 558. The summed E-state index contributed by atoms with van der Waals surface area (Å²) in [6, 6.07) is 4.70. The molecular weight excluding hydrogens is 246 g/mol. The number of nitrogens with zero attached hydrogens (tertiary/aromatic N) is 1. The van der Waals surface area contributed by atoms with Crippen molar-refractivity contribution in [3.05, 3.63) is 29.3 Å². The maximum absolute atomic E-state index is 12.3. The van der Waals surface area contributed by atoms with E-state index in [4.69, 9.17) is 5.73 Å². The largest absolute Gasteiger partial charge is 0.399 e. The Balaban J connectivity index is 1.86. The number of piperidine rings is 1. The van der Waals surface area contributed by atoms with Crippen molar-refractivity contribution in [1.29, 1.82) is 0 Å². The summed E-state index contributed by atoms with van der Waals surface area (Å²) in [6.07, 6.45) is 0.125. The van der Waals surface area contributed by atoms with Gasteiger partial charge in [-0.15, -0.1) is 0 Å². The number of hydrogen-bond donors (Lipinski definition) is 3. The van der Waals surface area contributed by atoms with Crippen LogP contribution in [0, 0.1) is 0 Å². The quantitative estimate of drug-likeness (QED) is 0.611. The van der Waals surface area contributed by atoms with Gasteiger partial charge in [0.05, 0.1) is 0 Å². The number of nitrogens with one attached hydrogen (secondary N) is 1. The van der Waals surface area contributed by atoms with Crippen LogP contribution >= 0.6 is 0 Å². The monoisotopic (exact) mass is 261 g/mol.